The summed E-state index contributed by atoms with van der Waals surface area (Å²) in [7, 11) is 0. The standard InChI is InChI=1S/C11H13FN2O4/c12-8-9(16)7(5-15)18-11(8)14-3-1-2-6(4-14)10(13)17/h1-4,7-9,11,15-16H,5H2,(H-,13,17)/p+1/t7-,8-,9?,11-/m1/s1. The molecule has 1 saturated heterocycles. The van der Waals surface area contributed by atoms with E-state index in [1.807, 2.05) is 0 Å². The summed E-state index contributed by atoms with van der Waals surface area (Å²) in [6, 6.07) is 3.01. The number of hydrogen-bond donors (Lipinski definition) is 3. The van der Waals surface area contributed by atoms with Crippen LogP contribution in [-0.2, 0) is 4.74 Å². The predicted molar refractivity (Wildman–Crippen MR) is 57.1 cm³/mol. The third-order valence-electron chi connectivity index (χ3n) is 2.87. The number of pyridine rings is 1. The largest absolute Gasteiger partial charge is 0.394 e. The van der Waals surface area contributed by atoms with E-state index in [1.165, 1.54) is 29.1 Å². The molecule has 1 aromatic rings. The van der Waals surface area contributed by atoms with Gasteiger partial charge in [-0.15, -0.1) is 0 Å². The van der Waals surface area contributed by atoms with Gasteiger partial charge in [0.05, 0.1) is 6.61 Å². The van der Waals surface area contributed by atoms with E-state index in [4.69, 9.17) is 15.6 Å². The van der Waals surface area contributed by atoms with Gasteiger partial charge in [-0.3, -0.25) is 4.79 Å². The monoisotopic (exact) mass is 257 g/mol. The lowest BCUT2D eigenvalue weighted by Gasteiger charge is -2.08. The summed E-state index contributed by atoms with van der Waals surface area (Å²) < 4.78 is 20.3. The van der Waals surface area contributed by atoms with Crippen LogP contribution in [-0.4, -0.2) is 41.1 Å². The van der Waals surface area contributed by atoms with Gasteiger partial charge in [0.2, 0.25) is 6.17 Å². The molecule has 0 aromatic carbocycles. The zero-order chi connectivity index (χ0) is 13.3. The Bertz CT molecular complexity index is 456. The normalized spacial score (nSPS) is 31.5. The number of rotatable bonds is 3. The van der Waals surface area contributed by atoms with Crippen LogP contribution in [0, 0.1) is 0 Å². The van der Waals surface area contributed by atoms with Crippen molar-refractivity contribution in [2.75, 3.05) is 6.61 Å². The minimum absolute atomic E-state index is 0.204. The molecule has 0 aliphatic carbocycles. The number of amides is 1. The average molecular weight is 257 g/mol. The molecule has 0 saturated carbocycles. The SMILES string of the molecule is NC(=O)c1ccc[n+]([C@@H]2O[C@H](CO)C(O)[C@H]2F)c1. The van der Waals surface area contributed by atoms with Crippen molar-refractivity contribution in [2.45, 2.75) is 24.6 Å². The summed E-state index contributed by atoms with van der Waals surface area (Å²) in [4.78, 5) is 11.0. The highest BCUT2D eigenvalue weighted by molar-refractivity contribution is 5.92. The number of aromatic nitrogens is 1. The molecule has 1 fully saturated rings. The summed E-state index contributed by atoms with van der Waals surface area (Å²) in [5, 5.41) is 18.4. The van der Waals surface area contributed by atoms with E-state index in [2.05, 4.69) is 0 Å². The fourth-order valence-electron chi connectivity index (χ4n) is 1.89. The number of carbonyl (C=O) groups is 1. The van der Waals surface area contributed by atoms with Crippen molar-refractivity contribution in [3.63, 3.8) is 0 Å². The molecule has 0 spiro atoms. The molecule has 1 unspecified atom stereocenters. The smallest absolute Gasteiger partial charge is 0.297 e. The van der Waals surface area contributed by atoms with E-state index in [9.17, 15) is 14.3 Å². The van der Waals surface area contributed by atoms with Crippen LogP contribution in [0.4, 0.5) is 4.39 Å². The third-order valence-corrected chi connectivity index (χ3v) is 2.87. The molecule has 6 nitrogen and oxygen atoms in total. The van der Waals surface area contributed by atoms with Crippen LogP contribution in [0.5, 0.6) is 0 Å². The number of ether oxygens (including phenoxy) is 1. The van der Waals surface area contributed by atoms with E-state index < -0.39 is 37.1 Å². The molecule has 1 aliphatic rings. The summed E-state index contributed by atoms with van der Waals surface area (Å²) in [6.07, 6.45) is -2.31. The summed E-state index contributed by atoms with van der Waals surface area (Å²) >= 11 is 0. The number of aliphatic hydroxyl groups excluding tert-OH is 2. The first-order chi connectivity index (χ1) is 8.54. The molecule has 4 atom stereocenters. The van der Waals surface area contributed by atoms with Crippen molar-refractivity contribution in [3.8, 4) is 0 Å². The van der Waals surface area contributed by atoms with E-state index >= 15 is 0 Å². The van der Waals surface area contributed by atoms with Gasteiger partial charge >= 0.3 is 0 Å². The number of halogens is 1. The second kappa shape index (κ2) is 4.97. The average Bonchev–Trinajstić information content (AvgIpc) is 2.66. The Hall–Kier alpha value is -1.57. The maximum atomic E-state index is 13.8. The predicted octanol–water partition coefficient (Wildman–Crippen LogP) is -1.34. The minimum atomic E-state index is -1.68. The Kier molecular flexibility index (Phi) is 3.55. The van der Waals surface area contributed by atoms with Crippen LogP contribution in [0.1, 0.15) is 16.6 Å². The van der Waals surface area contributed by atoms with Crippen LogP contribution in [0.25, 0.3) is 0 Å². The number of primary amides is 1. The van der Waals surface area contributed by atoms with Crippen molar-refractivity contribution in [1.29, 1.82) is 0 Å². The van der Waals surface area contributed by atoms with Gasteiger partial charge in [0.1, 0.15) is 17.8 Å². The third kappa shape index (κ3) is 2.20. The molecular weight excluding hydrogens is 243 g/mol. The first kappa shape index (κ1) is 12.9. The molecule has 0 bridgehead atoms. The van der Waals surface area contributed by atoms with Gasteiger partial charge in [-0.1, -0.05) is 0 Å². The molecule has 2 rings (SSSR count). The Labute approximate surface area is 102 Å². The van der Waals surface area contributed by atoms with Crippen LogP contribution >= 0.6 is 0 Å². The summed E-state index contributed by atoms with van der Waals surface area (Å²) in [5.41, 5.74) is 5.32. The number of carbonyl (C=O) groups excluding carboxylic acids is 1. The van der Waals surface area contributed by atoms with Gasteiger partial charge in [-0.2, -0.15) is 4.57 Å². The second-order valence-electron chi connectivity index (χ2n) is 4.09. The molecular formula is C11H14FN2O4+. The first-order valence-electron chi connectivity index (χ1n) is 5.43. The fraction of sp³-hybridized carbons (Fsp3) is 0.455. The van der Waals surface area contributed by atoms with Crippen molar-refractivity contribution >= 4 is 5.91 Å². The van der Waals surface area contributed by atoms with Gasteiger partial charge in [-0.25, -0.2) is 4.39 Å². The lowest BCUT2D eigenvalue weighted by atomic mass is 10.1. The Morgan fingerprint density at radius 2 is 2.33 bits per heavy atom. The topological polar surface area (TPSA) is 96.7 Å². The van der Waals surface area contributed by atoms with E-state index in [0.717, 1.165) is 0 Å². The number of nitrogens with two attached hydrogens (primary N) is 1. The minimum Gasteiger partial charge on any atom is -0.394 e. The Morgan fingerprint density at radius 1 is 1.61 bits per heavy atom. The van der Waals surface area contributed by atoms with Crippen LogP contribution in [0.2, 0.25) is 0 Å². The first-order valence-corrected chi connectivity index (χ1v) is 5.43. The Morgan fingerprint density at radius 3 is 2.89 bits per heavy atom. The van der Waals surface area contributed by atoms with E-state index in [-0.39, 0.29) is 5.56 Å². The highest BCUT2D eigenvalue weighted by Crippen LogP contribution is 2.27. The summed E-state index contributed by atoms with van der Waals surface area (Å²) in [5.74, 6) is -0.642. The number of hydrogen-bond acceptors (Lipinski definition) is 4. The number of alkyl halides is 1. The zero-order valence-corrected chi connectivity index (χ0v) is 9.44. The maximum Gasteiger partial charge on any atom is 0.297 e. The molecule has 2 heterocycles. The van der Waals surface area contributed by atoms with Crippen molar-refractivity contribution in [2.24, 2.45) is 5.73 Å². The van der Waals surface area contributed by atoms with Crippen molar-refractivity contribution < 1.29 is 28.7 Å². The Balaban J connectivity index is 2.27. The molecule has 98 valence electrons. The van der Waals surface area contributed by atoms with Crippen molar-refractivity contribution in [3.05, 3.63) is 30.1 Å². The van der Waals surface area contributed by atoms with Gasteiger partial charge in [-0.05, 0) is 6.07 Å². The van der Waals surface area contributed by atoms with Gasteiger partial charge in [0.25, 0.3) is 12.1 Å². The molecule has 7 heteroatoms. The highest BCUT2D eigenvalue weighted by atomic mass is 19.1. The lowest BCUT2D eigenvalue weighted by molar-refractivity contribution is -0.764. The van der Waals surface area contributed by atoms with Gasteiger partial charge in [0.15, 0.2) is 12.4 Å². The molecule has 0 radical (unpaired) electrons. The van der Waals surface area contributed by atoms with E-state index in [0.29, 0.717) is 0 Å². The maximum absolute atomic E-state index is 13.8. The second-order valence-corrected chi connectivity index (χ2v) is 4.09. The molecule has 1 amide bonds. The molecule has 1 aliphatic heterocycles. The molecule has 1 aromatic heterocycles. The van der Waals surface area contributed by atoms with Gasteiger partial charge < -0.3 is 20.7 Å². The van der Waals surface area contributed by atoms with Crippen LogP contribution in [0.3, 0.4) is 0 Å². The van der Waals surface area contributed by atoms with Gasteiger partial charge in [0, 0.05) is 6.07 Å². The molecule has 4 N–H and O–H groups in total. The molecule has 18 heavy (non-hydrogen) atoms. The highest BCUT2D eigenvalue weighted by Gasteiger charge is 2.49. The zero-order valence-electron chi connectivity index (χ0n) is 9.44. The van der Waals surface area contributed by atoms with Crippen molar-refractivity contribution in [1.82, 2.24) is 0 Å². The lowest BCUT2D eigenvalue weighted by Crippen LogP contribution is -2.45. The van der Waals surface area contributed by atoms with Crippen LogP contribution in [0.15, 0.2) is 24.5 Å². The van der Waals surface area contributed by atoms with E-state index in [1.54, 1.807) is 0 Å². The fourth-order valence-corrected chi connectivity index (χ4v) is 1.89. The number of aliphatic hydroxyl groups is 2. The van der Waals surface area contributed by atoms with Crippen LogP contribution < -0.4 is 10.3 Å². The number of nitrogens with zero attached hydrogens (tertiary/aromatic N) is 1. The summed E-state index contributed by atoms with van der Waals surface area (Å²) in [6.45, 7) is -0.478. The quantitative estimate of drug-likeness (QED) is 0.584.